The average molecular weight is 138 g/mol. The van der Waals surface area contributed by atoms with Gasteiger partial charge in [-0.2, -0.15) is 0 Å². The van der Waals surface area contributed by atoms with Crippen molar-refractivity contribution < 1.29 is 8.85 Å². The third-order valence-corrected chi connectivity index (χ3v) is 1.99. The second kappa shape index (κ2) is 6.35. The van der Waals surface area contributed by atoms with Crippen molar-refractivity contribution in [2.45, 2.75) is 6.55 Å². The summed E-state index contributed by atoms with van der Waals surface area (Å²) in [6, 6.07) is 0. The van der Waals surface area contributed by atoms with E-state index in [0.29, 0.717) is 0 Å². The Morgan fingerprint density at radius 2 is 1.43 bits per heavy atom. The van der Waals surface area contributed by atoms with Crippen molar-refractivity contribution in [3.8, 4) is 0 Å². The zero-order valence-corrected chi connectivity index (χ0v) is 5.55. The summed E-state index contributed by atoms with van der Waals surface area (Å²) in [5.41, 5.74) is 0. The highest BCUT2D eigenvalue weighted by Gasteiger charge is 1.94. The Morgan fingerprint density at radius 3 is 1.43 bits per heavy atom. The third kappa shape index (κ3) is 6.35. The van der Waals surface area contributed by atoms with Crippen molar-refractivity contribution in [1.29, 1.82) is 0 Å². The number of hydrogen-bond acceptors (Lipinski definition) is 2. The molecule has 0 aliphatic carbocycles. The van der Waals surface area contributed by atoms with Gasteiger partial charge in [-0.3, -0.25) is 0 Å². The molecule has 0 aromatic rings. The largest absolute Gasteiger partial charge is 0.400 e. The molecule has 0 bridgehead atoms. The standard InChI is InChI=1S/C3H10O2Si.H4Si/c1-4-6(3)5-2;/h6H,1-3H3;1H4. The summed E-state index contributed by atoms with van der Waals surface area (Å²) >= 11 is 0. The summed E-state index contributed by atoms with van der Waals surface area (Å²) < 4.78 is 9.63. The van der Waals surface area contributed by atoms with Crippen LogP contribution in [-0.2, 0) is 8.85 Å². The fourth-order valence-electron chi connectivity index (χ4n) is 0.0962. The van der Waals surface area contributed by atoms with Gasteiger partial charge >= 0.3 is 9.28 Å². The van der Waals surface area contributed by atoms with Crippen LogP contribution in [-0.4, -0.2) is 34.5 Å². The maximum atomic E-state index is 4.82. The molecule has 0 aliphatic heterocycles. The summed E-state index contributed by atoms with van der Waals surface area (Å²) in [4.78, 5) is 0. The molecule has 0 atom stereocenters. The minimum atomic E-state index is -1.16. The topological polar surface area (TPSA) is 18.5 Å². The molecular weight excluding hydrogens is 124 g/mol. The van der Waals surface area contributed by atoms with Crippen LogP contribution in [0, 0.1) is 0 Å². The highest BCUT2D eigenvalue weighted by molar-refractivity contribution is 6.42. The first-order valence-corrected chi connectivity index (χ1v) is 3.96. The van der Waals surface area contributed by atoms with Crippen molar-refractivity contribution in [1.82, 2.24) is 0 Å². The monoisotopic (exact) mass is 138 g/mol. The molecule has 2 nitrogen and oxygen atoms in total. The normalized spacial score (nSPS) is 8.57. The molecule has 0 fully saturated rings. The molecule has 0 aromatic carbocycles. The molecule has 0 aromatic heterocycles. The minimum absolute atomic E-state index is 0. The van der Waals surface area contributed by atoms with Gasteiger partial charge < -0.3 is 8.85 Å². The molecule has 0 aliphatic rings. The smallest absolute Gasteiger partial charge is 0.317 e. The van der Waals surface area contributed by atoms with Crippen LogP contribution < -0.4 is 0 Å². The van der Waals surface area contributed by atoms with Crippen molar-refractivity contribution in [2.75, 3.05) is 14.2 Å². The Labute approximate surface area is 50.7 Å². The number of rotatable bonds is 2. The Kier molecular flexibility index (Phi) is 9.40. The fraction of sp³-hybridized carbons (Fsp3) is 1.00. The molecule has 0 amide bonds. The van der Waals surface area contributed by atoms with Gasteiger partial charge in [-0.05, 0) is 17.5 Å². The van der Waals surface area contributed by atoms with E-state index in [-0.39, 0.29) is 11.0 Å². The van der Waals surface area contributed by atoms with Crippen LogP contribution in [0.2, 0.25) is 6.55 Å². The van der Waals surface area contributed by atoms with E-state index >= 15 is 0 Å². The first-order valence-electron chi connectivity index (χ1n) is 1.87. The molecule has 0 radical (unpaired) electrons. The van der Waals surface area contributed by atoms with Crippen molar-refractivity contribution >= 4 is 20.2 Å². The van der Waals surface area contributed by atoms with Gasteiger partial charge in [-0.15, -0.1) is 0 Å². The van der Waals surface area contributed by atoms with Gasteiger partial charge in [0.1, 0.15) is 0 Å². The Morgan fingerprint density at radius 1 is 1.14 bits per heavy atom. The van der Waals surface area contributed by atoms with Crippen molar-refractivity contribution in [3.05, 3.63) is 0 Å². The zero-order valence-electron chi connectivity index (χ0n) is 4.39. The second-order valence-corrected chi connectivity index (χ2v) is 3.12. The number of hydrogen-bond donors (Lipinski definition) is 0. The molecule has 0 rings (SSSR count). The second-order valence-electron chi connectivity index (χ2n) is 1.04. The lowest BCUT2D eigenvalue weighted by Crippen LogP contribution is -2.12. The van der Waals surface area contributed by atoms with Crippen LogP contribution >= 0.6 is 0 Å². The van der Waals surface area contributed by atoms with Crippen LogP contribution in [0.3, 0.4) is 0 Å². The Hall–Kier alpha value is 0.354. The molecule has 4 heteroatoms. The van der Waals surface area contributed by atoms with Gasteiger partial charge in [0.15, 0.2) is 0 Å². The van der Waals surface area contributed by atoms with E-state index < -0.39 is 9.28 Å². The molecule has 0 saturated carbocycles. The fourth-order valence-corrected chi connectivity index (χ4v) is 0.289. The highest BCUT2D eigenvalue weighted by atomic mass is 28.3. The van der Waals surface area contributed by atoms with Gasteiger partial charge in [0, 0.05) is 14.2 Å². The maximum Gasteiger partial charge on any atom is 0.317 e. The molecule has 0 saturated heterocycles. The molecule has 0 N–H and O–H groups in total. The SMILES string of the molecule is CO[SiH](C)OC.[SiH4]. The molecule has 46 valence electrons. The quantitative estimate of drug-likeness (QED) is 0.441. The maximum absolute atomic E-state index is 4.82. The average Bonchev–Trinajstić information content (AvgIpc) is 1.65. The molecular formula is C3H14O2Si2. The summed E-state index contributed by atoms with van der Waals surface area (Å²) in [6.07, 6.45) is 0. The lowest BCUT2D eigenvalue weighted by molar-refractivity contribution is 0.285. The van der Waals surface area contributed by atoms with Gasteiger partial charge in [-0.1, -0.05) is 0 Å². The predicted molar refractivity (Wildman–Crippen MR) is 38.4 cm³/mol. The zero-order chi connectivity index (χ0) is 4.99. The first-order chi connectivity index (χ1) is 2.81. The van der Waals surface area contributed by atoms with Gasteiger partial charge in [0.05, 0.1) is 0 Å². The van der Waals surface area contributed by atoms with Crippen molar-refractivity contribution in [3.63, 3.8) is 0 Å². The van der Waals surface area contributed by atoms with E-state index in [1.807, 2.05) is 6.55 Å². The first kappa shape index (κ1) is 10.4. The lowest BCUT2D eigenvalue weighted by Gasteiger charge is -2.00. The van der Waals surface area contributed by atoms with Gasteiger partial charge in [0.25, 0.3) is 0 Å². The van der Waals surface area contributed by atoms with E-state index in [1.54, 1.807) is 14.2 Å². The van der Waals surface area contributed by atoms with E-state index in [2.05, 4.69) is 0 Å². The van der Waals surface area contributed by atoms with Crippen LogP contribution in [0.5, 0.6) is 0 Å². The van der Waals surface area contributed by atoms with E-state index in [4.69, 9.17) is 8.85 Å². The molecule has 0 heterocycles. The van der Waals surface area contributed by atoms with E-state index in [1.165, 1.54) is 0 Å². The molecule has 0 unspecified atom stereocenters. The van der Waals surface area contributed by atoms with Crippen LogP contribution in [0.15, 0.2) is 0 Å². The molecule has 7 heavy (non-hydrogen) atoms. The van der Waals surface area contributed by atoms with E-state index in [0.717, 1.165) is 0 Å². The van der Waals surface area contributed by atoms with Crippen LogP contribution in [0.25, 0.3) is 0 Å². The van der Waals surface area contributed by atoms with Gasteiger partial charge in [0.2, 0.25) is 0 Å². The predicted octanol–water partition coefficient (Wildman–Crippen LogP) is -1.32. The minimum Gasteiger partial charge on any atom is -0.400 e. The molecule has 0 spiro atoms. The van der Waals surface area contributed by atoms with Crippen LogP contribution in [0.4, 0.5) is 0 Å². The third-order valence-electron chi connectivity index (χ3n) is 0.664. The van der Waals surface area contributed by atoms with Crippen molar-refractivity contribution in [2.24, 2.45) is 0 Å². The summed E-state index contributed by atoms with van der Waals surface area (Å²) in [5, 5.41) is 0. The van der Waals surface area contributed by atoms with E-state index in [9.17, 15) is 0 Å². The summed E-state index contributed by atoms with van der Waals surface area (Å²) in [7, 11) is 2.17. The summed E-state index contributed by atoms with van der Waals surface area (Å²) in [5.74, 6) is 0. The summed E-state index contributed by atoms with van der Waals surface area (Å²) in [6.45, 7) is 1.97. The lowest BCUT2D eigenvalue weighted by atomic mass is 11.8. The van der Waals surface area contributed by atoms with Crippen LogP contribution in [0.1, 0.15) is 0 Å². The Balaban J connectivity index is 0. The Bertz CT molecular complexity index is 30.1. The highest BCUT2D eigenvalue weighted by Crippen LogP contribution is 1.77. The van der Waals surface area contributed by atoms with Gasteiger partial charge in [-0.25, -0.2) is 0 Å².